The van der Waals surface area contributed by atoms with Gasteiger partial charge >= 0.3 is 5.97 Å². The van der Waals surface area contributed by atoms with Crippen molar-refractivity contribution < 1.29 is 14.7 Å². The summed E-state index contributed by atoms with van der Waals surface area (Å²) >= 11 is 0. The van der Waals surface area contributed by atoms with E-state index in [4.69, 9.17) is 5.11 Å². The maximum atomic E-state index is 11.8. The second-order valence-corrected chi connectivity index (χ2v) is 5.01. The van der Waals surface area contributed by atoms with Crippen LogP contribution in [0.15, 0.2) is 0 Å². The molecule has 1 saturated heterocycles. The lowest BCUT2D eigenvalue weighted by Crippen LogP contribution is -2.42. The minimum absolute atomic E-state index is 0.0124. The Morgan fingerprint density at radius 1 is 1.47 bits per heavy atom. The van der Waals surface area contributed by atoms with Gasteiger partial charge in [-0.3, -0.25) is 9.59 Å². The van der Waals surface area contributed by atoms with Crippen molar-refractivity contribution in [1.29, 1.82) is 0 Å². The lowest BCUT2D eigenvalue weighted by atomic mass is 10.0. The first kappa shape index (κ1) is 14.0. The minimum Gasteiger partial charge on any atom is -0.481 e. The topological polar surface area (TPSA) is 78.4 Å². The number of carboxylic acid groups (broad SMARTS) is 1. The van der Waals surface area contributed by atoms with Crippen LogP contribution in [0.3, 0.4) is 0 Å². The summed E-state index contributed by atoms with van der Waals surface area (Å²) in [6.45, 7) is 4.81. The summed E-state index contributed by atoms with van der Waals surface area (Å²) < 4.78 is 0. The van der Waals surface area contributed by atoms with Crippen LogP contribution in [0.5, 0.6) is 0 Å². The molecule has 1 amide bonds. The molecule has 5 heteroatoms. The highest BCUT2D eigenvalue weighted by atomic mass is 16.4. The zero-order valence-electron chi connectivity index (χ0n) is 10.5. The average molecular weight is 242 g/mol. The van der Waals surface area contributed by atoms with E-state index in [0.717, 1.165) is 19.4 Å². The lowest BCUT2D eigenvalue weighted by molar-refractivity contribution is -0.138. The van der Waals surface area contributed by atoms with Crippen molar-refractivity contribution in [3.05, 3.63) is 0 Å². The van der Waals surface area contributed by atoms with Gasteiger partial charge in [-0.2, -0.15) is 0 Å². The van der Waals surface area contributed by atoms with Gasteiger partial charge in [-0.1, -0.05) is 13.8 Å². The zero-order chi connectivity index (χ0) is 12.8. The van der Waals surface area contributed by atoms with Crippen LogP contribution in [0.2, 0.25) is 0 Å². The van der Waals surface area contributed by atoms with Crippen LogP contribution in [0.25, 0.3) is 0 Å². The number of carbonyl (C=O) groups excluding carboxylic acids is 1. The molecule has 0 radical (unpaired) electrons. The van der Waals surface area contributed by atoms with Crippen molar-refractivity contribution in [2.24, 2.45) is 5.92 Å². The van der Waals surface area contributed by atoms with Crippen molar-refractivity contribution in [3.63, 3.8) is 0 Å². The van der Waals surface area contributed by atoms with Gasteiger partial charge < -0.3 is 15.7 Å². The monoisotopic (exact) mass is 242 g/mol. The standard InChI is InChI=1S/C12H22N2O3/c1-8(2)10(7-12(16)17)14-11(15)6-9-4-3-5-13-9/h8-10,13H,3-7H2,1-2H3,(H,14,15)(H,16,17). The number of hydrogen-bond donors (Lipinski definition) is 3. The Bertz CT molecular complexity index is 273. The first-order valence-corrected chi connectivity index (χ1v) is 6.23. The first-order chi connectivity index (χ1) is 7.99. The number of rotatable bonds is 6. The Morgan fingerprint density at radius 2 is 2.18 bits per heavy atom. The van der Waals surface area contributed by atoms with Gasteiger partial charge in [0, 0.05) is 18.5 Å². The van der Waals surface area contributed by atoms with E-state index in [-0.39, 0.29) is 30.3 Å². The molecule has 17 heavy (non-hydrogen) atoms. The molecule has 1 rings (SSSR count). The molecule has 1 aliphatic heterocycles. The number of hydrogen-bond acceptors (Lipinski definition) is 3. The SMILES string of the molecule is CC(C)C(CC(=O)O)NC(=O)CC1CCCN1. The van der Waals surface area contributed by atoms with Gasteiger partial charge in [0.1, 0.15) is 0 Å². The van der Waals surface area contributed by atoms with Crippen molar-refractivity contribution in [2.75, 3.05) is 6.54 Å². The van der Waals surface area contributed by atoms with E-state index in [1.54, 1.807) is 0 Å². The van der Waals surface area contributed by atoms with Crippen molar-refractivity contribution in [3.8, 4) is 0 Å². The van der Waals surface area contributed by atoms with E-state index >= 15 is 0 Å². The Hall–Kier alpha value is -1.10. The van der Waals surface area contributed by atoms with Crippen LogP contribution >= 0.6 is 0 Å². The number of aliphatic carboxylic acids is 1. The molecule has 0 aromatic heterocycles. The summed E-state index contributed by atoms with van der Waals surface area (Å²) in [5, 5.41) is 14.8. The number of nitrogens with one attached hydrogen (secondary N) is 2. The molecule has 5 nitrogen and oxygen atoms in total. The Kier molecular flexibility index (Phi) is 5.41. The highest BCUT2D eigenvalue weighted by Crippen LogP contribution is 2.10. The fourth-order valence-electron chi connectivity index (χ4n) is 2.06. The second kappa shape index (κ2) is 6.59. The van der Waals surface area contributed by atoms with Gasteiger partial charge in [-0.15, -0.1) is 0 Å². The molecular weight excluding hydrogens is 220 g/mol. The summed E-state index contributed by atoms with van der Waals surface area (Å²) in [5.41, 5.74) is 0. The third-order valence-electron chi connectivity index (χ3n) is 3.14. The minimum atomic E-state index is -0.872. The third-order valence-corrected chi connectivity index (χ3v) is 3.14. The highest BCUT2D eigenvalue weighted by Gasteiger charge is 2.22. The lowest BCUT2D eigenvalue weighted by Gasteiger charge is -2.21. The van der Waals surface area contributed by atoms with Gasteiger partial charge in [0.05, 0.1) is 6.42 Å². The van der Waals surface area contributed by atoms with E-state index in [1.807, 2.05) is 13.8 Å². The third kappa shape index (κ3) is 5.17. The molecule has 0 aromatic rings. The fourth-order valence-corrected chi connectivity index (χ4v) is 2.06. The van der Waals surface area contributed by atoms with Crippen molar-refractivity contribution in [2.45, 2.75) is 51.6 Å². The summed E-state index contributed by atoms with van der Waals surface area (Å²) in [5.74, 6) is -0.793. The van der Waals surface area contributed by atoms with Crippen LogP contribution in [-0.2, 0) is 9.59 Å². The van der Waals surface area contributed by atoms with Crippen molar-refractivity contribution in [1.82, 2.24) is 10.6 Å². The molecule has 0 saturated carbocycles. The number of carbonyl (C=O) groups is 2. The molecule has 1 fully saturated rings. The Balaban J connectivity index is 2.37. The fraction of sp³-hybridized carbons (Fsp3) is 0.833. The molecule has 0 bridgehead atoms. The van der Waals surface area contributed by atoms with Crippen LogP contribution in [0.1, 0.15) is 39.5 Å². The second-order valence-electron chi connectivity index (χ2n) is 5.01. The van der Waals surface area contributed by atoms with Crippen LogP contribution in [0, 0.1) is 5.92 Å². The summed E-state index contributed by atoms with van der Waals surface area (Å²) in [7, 11) is 0. The van der Waals surface area contributed by atoms with Gasteiger partial charge in [-0.25, -0.2) is 0 Å². The molecular formula is C12H22N2O3. The predicted molar refractivity (Wildman–Crippen MR) is 64.7 cm³/mol. The van der Waals surface area contributed by atoms with E-state index < -0.39 is 5.97 Å². The van der Waals surface area contributed by atoms with E-state index in [9.17, 15) is 9.59 Å². The Morgan fingerprint density at radius 3 is 2.65 bits per heavy atom. The first-order valence-electron chi connectivity index (χ1n) is 6.23. The molecule has 0 aliphatic carbocycles. The maximum absolute atomic E-state index is 11.8. The van der Waals surface area contributed by atoms with Gasteiger partial charge in [0.2, 0.25) is 5.91 Å². The van der Waals surface area contributed by atoms with Gasteiger partial charge in [0.15, 0.2) is 0 Å². The number of amides is 1. The smallest absolute Gasteiger partial charge is 0.305 e. The van der Waals surface area contributed by atoms with Crippen LogP contribution in [-0.4, -0.2) is 35.6 Å². The van der Waals surface area contributed by atoms with Gasteiger partial charge in [-0.05, 0) is 25.3 Å². The normalized spacial score (nSPS) is 21.5. The van der Waals surface area contributed by atoms with Crippen molar-refractivity contribution >= 4 is 11.9 Å². The average Bonchev–Trinajstić information content (AvgIpc) is 2.68. The molecule has 3 N–H and O–H groups in total. The highest BCUT2D eigenvalue weighted by molar-refractivity contribution is 5.78. The molecule has 0 spiro atoms. The summed E-state index contributed by atoms with van der Waals surface area (Å²) in [4.78, 5) is 22.4. The van der Waals surface area contributed by atoms with E-state index in [0.29, 0.717) is 6.42 Å². The molecule has 1 heterocycles. The quantitative estimate of drug-likeness (QED) is 0.642. The molecule has 98 valence electrons. The van der Waals surface area contributed by atoms with E-state index in [1.165, 1.54) is 0 Å². The molecule has 2 unspecified atom stereocenters. The molecule has 2 atom stereocenters. The van der Waals surface area contributed by atoms with E-state index in [2.05, 4.69) is 10.6 Å². The molecule has 1 aliphatic rings. The van der Waals surface area contributed by atoms with Gasteiger partial charge in [0.25, 0.3) is 0 Å². The predicted octanol–water partition coefficient (Wildman–Crippen LogP) is 0.744. The summed E-state index contributed by atoms with van der Waals surface area (Å²) in [6, 6.07) is -0.0194. The van der Waals surface area contributed by atoms with Crippen LogP contribution in [0.4, 0.5) is 0 Å². The largest absolute Gasteiger partial charge is 0.481 e. The summed E-state index contributed by atoms with van der Waals surface area (Å²) in [6.07, 6.45) is 2.57. The van der Waals surface area contributed by atoms with Crippen LogP contribution < -0.4 is 10.6 Å². The number of carboxylic acids is 1. The molecule has 0 aromatic carbocycles. The Labute approximate surface area is 102 Å². The zero-order valence-corrected chi connectivity index (χ0v) is 10.5. The maximum Gasteiger partial charge on any atom is 0.305 e.